The average molecular weight is 316 g/mol. The lowest BCUT2D eigenvalue weighted by molar-refractivity contribution is -0.168. The molecule has 2 N–H and O–H groups in total. The molecule has 0 heterocycles. The first-order valence-electron chi connectivity index (χ1n) is 9.27. The molecule has 0 saturated heterocycles. The van der Waals surface area contributed by atoms with Crippen molar-refractivity contribution < 1.29 is 15.0 Å². The highest BCUT2D eigenvalue weighted by Crippen LogP contribution is 2.65. The molecule has 3 nitrogen and oxygen atoms in total. The van der Waals surface area contributed by atoms with Crippen LogP contribution in [0.25, 0.3) is 0 Å². The van der Waals surface area contributed by atoms with E-state index < -0.39 is 11.2 Å². The average Bonchev–Trinajstić information content (AvgIpc) is 2.78. The molecule has 4 aliphatic rings. The number of fused-ring (bicyclic) bond motifs is 5. The number of rotatable bonds is 0. The van der Waals surface area contributed by atoms with Gasteiger partial charge in [0, 0.05) is 18.3 Å². The number of hydrogen-bond acceptors (Lipinski definition) is 3. The van der Waals surface area contributed by atoms with Crippen molar-refractivity contribution in [2.75, 3.05) is 0 Å². The maximum absolute atomic E-state index is 11.8. The fraction of sp³-hybridized carbons (Fsp3) is 0.850. The molecule has 126 valence electrons. The molecule has 23 heavy (non-hydrogen) atoms. The third-order valence-corrected chi connectivity index (χ3v) is 8.24. The summed E-state index contributed by atoms with van der Waals surface area (Å²) in [6.45, 7) is 2.19. The van der Waals surface area contributed by atoms with Gasteiger partial charge in [-0.1, -0.05) is 12.8 Å². The summed E-state index contributed by atoms with van der Waals surface area (Å²) in [4.78, 5) is 11.8. The first-order chi connectivity index (χ1) is 10.8. The lowest BCUT2D eigenvalue weighted by atomic mass is 9.48. The van der Waals surface area contributed by atoms with Gasteiger partial charge in [-0.25, -0.2) is 0 Å². The molecule has 4 saturated carbocycles. The third kappa shape index (κ3) is 1.94. The van der Waals surface area contributed by atoms with E-state index in [9.17, 15) is 15.0 Å². The zero-order valence-electron chi connectivity index (χ0n) is 14.1. The van der Waals surface area contributed by atoms with E-state index in [-0.39, 0.29) is 17.1 Å². The number of carbonyl (C=O) groups excluding carboxylic acids is 1. The van der Waals surface area contributed by atoms with Crippen molar-refractivity contribution in [1.29, 1.82) is 0 Å². The fourth-order valence-corrected chi connectivity index (χ4v) is 6.93. The highest BCUT2D eigenvalue weighted by atomic mass is 16.3. The fourth-order valence-electron chi connectivity index (χ4n) is 6.93. The summed E-state index contributed by atoms with van der Waals surface area (Å²) in [7, 11) is 0. The smallest absolute Gasteiger partial charge is 0.135 e. The van der Waals surface area contributed by atoms with Crippen molar-refractivity contribution in [3.05, 3.63) is 0 Å². The first kappa shape index (κ1) is 15.7. The highest BCUT2D eigenvalue weighted by molar-refractivity contribution is 5.80. The number of hydrogen-bond donors (Lipinski definition) is 2. The molecule has 0 amide bonds. The normalized spacial score (nSPS) is 55.5. The van der Waals surface area contributed by atoms with Crippen LogP contribution in [0.3, 0.4) is 0 Å². The molecule has 3 heteroatoms. The van der Waals surface area contributed by atoms with Crippen LogP contribution in [0.5, 0.6) is 0 Å². The second-order valence-electron chi connectivity index (χ2n) is 8.94. The van der Waals surface area contributed by atoms with Gasteiger partial charge in [0.2, 0.25) is 0 Å². The number of ketones is 1. The minimum Gasteiger partial charge on any atom is -0.389 e. The molecule has 0 bridgehead atoms. The van der Waals surface area contributed by atoms with E-state index in [4.69, 9.17) is 6.42 Å². The molecule has 0 aromatic rings. The Bertz CT molecular complexity index is 578. The molecule has 4 aliphatic carbocycles. The van der Waals surface area contributed by atoms with Crippen molar-refractivity contribution >= 4 is 5.78 Å². The third-order valence-electron chi connectivity index (χ3n) is 8.24. The van der Waals surface area contributed by atoms with Gasteiger partial charge in [0.1, 0.15) is 11.4 Å². The molecule has 4 rings (SSSR count). The molecule has 0 aliphatic heterocycles. The zero-order valence-corrected chi connectivity index (χ0v) is 14.1. The van der Waals surface area contributed by atoms with E-state index in [0.29, 0.717) is 37.0 Å². The summed E-state index contributed by atoms with van der Waals surface area (Å²) in [5, 5.41) is 22.0. The number of aliphatic hydroxyl groups is 2. The van der Waals surface area contributed by atoms with Gasteiger partial charge in [-0.2, -0.15) is 0 Å². The molecule has 0 radical (unpaired) electrons. The summed E-state index contributed by atoms with van der Waals surface area (Å²) in [6.07, 6.45) is 12.9. The van der Waals surface area contributed by atoms with Gasteiger partial charge in [0.15, 0.2) is 0 Å². The Morgan fingerprint density at radius 3 is 2.48 bits per heavy atom. The second kappa shape index (κ2) is 4.83. The van der Waals surface area contributed by atoms with Gasteiger partial charge >= 0.3 is 0 Å². The SMILES string of the molecule is C#CC1(O)CC[C@H]2[C@@H]3CC[C@]4(O)CC(=O)CC[C@@H]4[C@H]3CC[C@@]21C. The summed E-state index contributed by atoms with van der Waals surface area (Å²) in [5.74, 6) is 4.71. The van der Waals surface area contributed by atoms with Crippen LogP contribution in [0.2, 0.25) is 0 Å². The Morgan fingerprint density at radius 1 is 1.04 bits per heavy atom. The summed E-state index contributed by atoms with van der Waals surface area (Å²) in [5.41, 5.74) is -1.90. The van der Waals surface area contributed by atoms with Gasteiger partial charge in [-0.05, 0) is 68.6 Å². The van der Waals surface area contributed by atoms with Crippen molar-refractivity contribution in [1.82, 2.24) is 0 Å². The standard InChI is InChI=1S/C20H28O3/c1-3-20(23)11-8-16-14-7-10-19(22)12-13(21)4-5-17(19)15(14)6-9-18(16,20)2/h1,14-17,22-23H,4-12H2,2H3/t14-,15+,16+,17-,18+,19+,20?/m1/s1. The summed E-state index contributed by atoms with van der Waals surface area (Å²) >= 11 is 0. The van der Waals surface area contributed by atoms with Crippen LogP contribution in [-0.4, -0.2) is 27.2 Å². The van der Waals surface area contributed by atoms with Crippen molar-refractivity contribution in [3.8, 4) is 12.3 Å². The van der Waals surface area contributed by atoms with Crippen molar-refractivity contribution in [2.24, 2.45) is 29.1 Å². The van der Waals surface area contributed by atoms with E-state index in [1.54, 1.807) is 0 Å². The van der Waals surface area contributed by atoms with Crippen LogP contribution in [0, 0.1) is 41.4 Å². The zero-order chi connectivity index (χ0) is 16.5. The van der Waals surface area contributed by atoms with Gasteiger partial charge in [-0.15, -0.1) is 6.42 Å². The largest absolute Gasteiger partial charge is 0.389 e. The predicted molar refractivity (Wildman–Crippen MR) is 87.4 cm³/mol. The van der Waals surface area contributed by atoms with Crippen LogP contribution in [0.15, 0.2) is 0 Å². The molecule has 0 spiro atoms. The van der Waals surface area contributed by atoms with E-state index >= 15 is 0 Å². The minimum absolute atomic E-state index is 0.178. The van der Waals surface area contributed by atoms with Crippen LogP contribution < -0.4 is 0 Å². The molecule has 4 fully saturated rings. The summed E-state index contributed by atoms with van der Waals surface area (Å²) in [6, 6.07) is 0. The van der Waals surface area contributed by atoms with Crippen LogP contribution >= 0.6 is 0 Å². The Morgan fingerprint density at radius 2 is 1.74 bits per heavy atom. The van der Waals surface area contributed by atoms with E-state index in [1.165, 1.54) is 0 Å². The van der Waals surface area contributed by atoms with Crippen LogP contribution in [0.1, 0.15) is 64.7 Å². The van der Waals surface area contributed by atoms with Gasteiger partial charge < -0.3 is 10.2 Å². The van der Waals surface area contributed by atoms with Gasteiger partial charge in [0.25, 0.3) is 0 Å². The minimum atomic E-state index is -0.959. The van der Waals surface area contributed by atoms with Gasteiger partial charge in [-0.3, -0.25) is 4.79 Å². The van der Waals surface area contributed by atoms with E-state index in [2.05, 4.69) is 12.8 Å². The Kier molecular flexibility index (Phi) is 3.29. The Hall–Kier alpha value is -0.850. The number of carbonyl (C=O) groups is 1. The first-order valence-corrected chi connectivity index (χ1v) is 9.27. The predicted octanol–water partition coefficient (Wildman–Crippen LogP) is 2.69. The Labute approximate surface area is 138 Å². The molecule has 0 aromatic heterocycles. The van der Waals surface area contributed by atoms with Crippen molar-refractivity contribution in [3.63, 3.8) is 0 Å². The number of Topliss-reactive ketones (excluding diaryl/α,β-unsaturated/α-hetero) is 1. The van der Waals surface area contributed by atoms with E-state index in [0.717, 1.165) is 38.5 Å². The molecule has 0 aromatic carbocycles. The topological polar surface area (TPSA) is 57.5 Å². The molecular weight excluding hydrogens is 288 g/mol. The lowest BCUT2D eigenvalue weighted by Gasteiger charge is -2.58. The Balaban J connectivity index is 1.64. The van der Waals surface area contributed by atoms with Crippen LogP contribution in [-0.2, 0) is 4.79 Å². The summed E-state index contributed by atoms with van der Waals surface area (Å²) < 4.78 is 0. The maximum Gasteiger partial charge on any atom is 0.135 e. The molecule has 1 unspecified atom stereocenters. The van der Waals surface area contributed by atoms with E-state index in [1.807, 2.05) is 0 Å². The van der Waals surface area contributed by atoms with Gasteiger partial charge in [0.05, 0.1) is 5.60 Å². The second-order valence-corrected chi connectivity index (χ2v) is 8.94. The number of terminal acetylenes is 1. The van der Waals surface area contributed by atoms with Crippen molar-refractivity contribution in [2.45, 2.75) is 75.9 Å². The highest BCUT2D eigenvalue weighted by Gasteiger charge is 2.64. The monoisotopic (exact) mass is 316 g/mol. The quantitative estimate of drug-likeness (QED) is 0.676. The molecule has 7 atom stereocenters. The van der Waals surface area contributed by atoms with Crippen LogP contribution in [0.4, 0.5) is 0 Å². The lowest BCUT2D eigenvalue weighted by Crippen LogP contribution is -2.58. The molecular formula is C20H28O3. The maximum atomic E-state index is 11.8.